The van der Waals surface area contributed by atoms with Crippen LogP contribution in [0.5, 0.6) is 5.75 Å². The molecular formula is C29H40N4O3Si. The third-order valence-electron chi connectivity index (χ3n) is 7.48. The molecule has 0 saturated carbocycles. The van der Waals surface area contributed by atoms with Gasteiger partial charge < -0.3 is 9.47 Å². The van der Waals surface area contributed by atoms with Crippen molar-refractivity contribution in [2.45, 2.75) is 78.6 Å². The first-order valence-corrected chi connectivity index (χ1v) is 15.1. The Morgan fingerprint density at radius 3 is 2.32 bits per heavy atom. The van der Waals surface area contributed by atoms with Gasteiger partial charge in [0.1, 0.15) is 20.4 Å². The van der Waals surface area contributed by atoms with Crippen LogP contribution < -0.4 is 10.1 Å². The molecule has 3 rings (SSSR count). The van der Waals surface area contributed by atoms with Crippen molar-refractivity contribution in [3.8, 4) is 17.2 Å². The van der Waals surface area contributed by atoms with E-state index in [1.807, 2.05) is 39.2 Å². The summed E-state index contributed by atoms with van der Waals surface area (Å²) in [5.74, 6) is 4.28. The molecule has 3 aromatic rings. The Morgan fingerprint density at radius 1 is 1.08 bits per heavy atom. The van der Waals surface area contributed by atoms with Crippen LogP contribution in [0, 0.1) is 25.3 Å². The van der Waals surface area contributed by atoms with Crippen molar-refractivity contribution < 1.29 is 14.3 Å². The van der Waals surface area contributed by atoms with Crippen LogP contribution in [-0.2, 0) is 18.4 Å². The van der Waals surface area contributed by atoms with E-state index in [9.17, 15) is 4.79 Å². The predicted octanol–water partition coefficient (Wildman–Crippen LogP) is 6.91. The molecule has 2 heterocycles. The number of aryl methyl sites for hydroxylation is 2. The lowest BCUT2D eigenvalue weighted by molar-refractivity contribution is 0.153. The molecule has 0 aliphatic heterocycles. The minimum atomic E-state index is -1.93. The SMILES string of the molecule is COc1c(C)cnc(COC(=O)Nc2cc(C#C[Si](C(C)C)(C(C)C)C(C)C)c3cnn(C)c3c2)c1C. The molecule has 2 aromatic heterocycles. The number of methoxy groups -OCH3 is 1. The molecule has 37 heavy (non-hydrogen) atoms. The molecule has 0 unspecified atom stereocenters. The van der Waals surface area contributed by atoms with E-state index in [4.69, 9.17) is 9.47 Å². The molecule has 0 fully saturated rings. The summed E-state index contributed by atoms with van der Waals surface area (Å²) in [6.07, 6.45) is 3.00. The highest BCUT2D eigenvalue weighted by molar-refractivity contribution is 6.90. The zero-order chi connectivity index (χ0) is 27.5. The summed E-state index contributed by atoms with van der Waals surface area (Å²) in [6, 6.07) is 3.81. The number of aromatic nitrogens is 3. The highest BCUT2D eigenvalue weighted by Crippen LogP contribution is 2.41. The second kappa shape index (κ2) is 11.4. The second-order valence-corrected chi connectivity index (χ2v) is 16.2. The van der Waals surface area contributed by atoms with Gasteiger partial charge in [-0.15, -0.1) is 5.54 Å². The molecule has 7 nitrogen and oxygen atoms in total. The predicted molar refractivity (Wildman–Crippen MR) is 153 cm³/mol. The normalized spacial score (nSPS) is 11.7. The molecule has 0 radical (unpaired) electrons. The highest BCUT2D eigenvalue weighted by Gasteiger charge is 2.41. The lowest BCUT2D eigenvalue weighted by atomic mass is 10.1. The van der Waals surface area contributed by atoms with Crippen LogP contribution in [0.15, 0.2) is 24.5 Å². The number of carbonyl (C=O) groups is 1. The molecule has 198 valence electrons. The number of nitrogens with zero attached hydrogens (tertiary/aromatic N) is 3. The van der Waals surface area contributed by atoms with Crippen LogP contribution in [0.2, 0.25) is 16.6 Å². The monoisotopic (exact) mass is 520 g/mol. The summed E-state index contributed by atoms with van der Waals surface area (Å²) < 4.78 is 12.8. The van der Waals surface area contributed by atoms with E-state index < -0.39 is 14.2 Å². The molecule has 0 aliphatic rings. The molecular weight excluding hydrogens is 480 g/mol. The number of fused-ring (bicyclic) bond motifs is 1. The van der Waals surface area contributed by atoms with Gasteiger partial charge in [0.25, 0.3) is 0 Å². The molecule has 0 atom stereocenters. The summed E-state index contributed by atoms with van der Waals surface area (Å²) in [6.45, 7) is 17.7. The fourth-order valence-electron chi connectivity index (χ4n) is 5.54. The van der Waals surface area contributed by atoms with Gasteiger partial charge in [-0.3, -0.25) is 15.0 Å². The zero-order valence-electron chi connectivity index (χ0n) is 23.8. The van der Waals surface area contributed by atoms with Crippen molar-refractivity contribution in [3.05, 3.63) is 46.9 Å². The van der Waals surface area contributed by atoms with Crippen LogP contribution in [0.4, 0.5) is 10.5 Å². The molecule has 0 saturated heterocycles. The Morgan fingerprint density at radius 2 is 1.73 bits per heavy atom. The van der Waals surface area contributed by atoms with E-state index in [0.717, 1.165) is 33.3 Å². The first kappa shape index (κ1) is 28.3. The second-order valence-electron chi connectivity index (χ2n) is 10.6. The largest absolute Gasteiger partial charge is 0.496 e. The van der Waals surface area contributed by atoms with Crippen LogP contribution in [-0.4, -0.2) is 36.0 Å². The van der Waals surface area contributed by atoms with Crippen molar-refractivity contribution in [1.82, 2.24) is 14.8 Å². The number of anilines is 1. The molecule has 1 amide bonds. The van der Waals surface area contributed by atoms with Gasteiger partial charge in [-0.2, -0.15) is 5.10 Å². The maximum absolute atomic E-state index is 12.7. The maximum Gasteiger partial charge on any atom is 0.412 e. The third kappa shape index (κ3) is 5.67. The van der Waals surface area contributed by atoms with Gasteiger partial charge in [0.15, 0.2) is 0 Å². The van der Waals surface area contributed by atoms with Gasteiger partial charge in [0.2, 0.25) is 0 Å². The fraction of sp³-hybridized carbons (Fsp3) is 0.483. The quantitative estimate of drug-likeness (QED) is 0.270. The molecule has 0 bridgehead atoms. The summed E-state index contributed by atoms with van der Waals surface area (Å²) in [5, 5.41) is 8.27. The minimum Gasteiger partial charge on any atom is -0.496 e. The topological polar surface area (TPSA) is 78.3 Å². The molecule has 8 heteroatoms. The highest BCUT2D eigenvalue weighted by atomic mass is 28.3. The molecule has 1 N–H and O–H groups in total. The van der Waals surface area contributed by atoms with Crippen molar-refractivity contribution >= 4 is 30.8 Å². The maximum atomic E-state index is 12.7. The van der Waals surface area contributed by atoms with Gasteiger partial charge in [0.05, 0.1) is 24.5 Å². The number of hydrogen-bond acceptors (Lipinski definition) is 5. The van der Waals surface area contributed by atoms with E-state index >= 15 is 0 Å². The molecule has 0 aliphatic carbocycles. The number of amides is 1. The Balaban J connectivity index is 1.91. The lowest BCUT2D eigenvalue weighted by Crippen LogP contribution is -2.43. The number of pyridine rings is 1. The van der Waals surface area contributed by atoms with Gasteiger partial charge >= 0.3 is 6.09 Å². The van der Waals surface area contributed by atoms with Gasteiger partial charge in [-0.1, -0.05) is 47.5 Å². The van der Waals surface area contributed by atoms with Gasteiger partial charge in [-0.05, 0) is 42.6 Å². The van der Waals surface area contributed by atoms with Gasteiger partial charge in [0, 0.05) is 41.0 Å². The lowest BCUT2D eigenvalue weighted by Gasteiger charge is -2.38. The summed E-state index contributed by atoms with van der Waals surface area (Å²) in [7, 11) is 1.58. The van der Waals surface area contributed by atoms with E-state index in [-0.39, 0.29) is 6.61 Å². The van der Waals surface area contributed by atoms with E-state index in [1.54, 1.807) is 18.0 Å². The van der Waals surface area contributed by atoms with Crippen molar-refractivity contribution in [2.24, 2.45) is 7.05 Å². The Kier molecular flexibility index (Phi) is 8.70. The fourth-order valence-corrected chi connectivity index (χ4v) is 10.8. The molecule has 1 aromatic carbocycles. The van der Waals surface area contributed by atoms with Crippen LogP contribution in [0.3, 0.4) is 0 Å². The van der Waals surface area contributed by atoms with Gasteiger partial charge in [-0.25, -0.2) is 4.79 Å². The van der Waals surface area contributed by atoms with Crippen molar-refractivity contribution in [3.63, 3.8) is 0 Å². The summed E-state index contributed by atoms with van der Waals surface area (Å²) in [4.78, 5) is 17.1. The van der Waals surface area contributed by atoms with Crippen molar-refractivity contribution in [1.29, 1.82) is 0 Å². The average molecular weight is 521 g/mol. The minimum absolute atomic E-state index is 0.0419. The van der Waals surface area contributed by atoms with Crippen molar-refractivity contribution in [2.75, 3.05) is 12.4 Å². The number of rotatable bonds is 7. The zero-order valence-corrected chi connectivity index (χ0v) is 24.8. The Bertz CT molecular complexity index is 1330. The number of nitrogens with one attached hydrogen (secondary N) is 1. The molecule has 0 spiro atoms. The van der Waals surface area contributed by atoms with E-state index in [1.165, 1.54) is 0 Å². The summed E-state index contributed by atoms with van der Waals surface area (Å²) in [5.41, 5.74) is 10.2. The number of benzene rings is 1. The van der Waals surface area contributed by atoms with E-state index in [0.29, 0.717) is 28.0 Å². The first-order chi connectivity index (χ1) is 17.4. The van der Waals surface area contributed by atoms with Crippen LogP contribution in [0.25, 0.3) is 10.9 Å². The Labute approximate surface area is 222 Å². The number of hydrogen-bond donors (Lipinski definition) is 1. The first-order valence-electron chi connectivity index (χ1n) is 12.8. The number of ether oxygens (including phenoxy) is 2. The summed E-state index contributed by atoms with van der Waals surface area (Å²) >= 11 is 0. The smallest absolute Gasteiger partial charge is 0.412 e. The van der Waals surface area contributed by atoms with Crippen LogP contribution in [0.1, 0.15) is 63.9 Å². The van der Waals surface area contributed by atoms with E-state index in [2.05, 4.69) is 68.4 Å². The average Bonchev–Trinajstić information content (AvgIpc) is 3.19. The Hall–Kier alpha value is -3.31. The standard InChI is InChI=1S/C29H40N4O3Si/c1-18(2)37(19(3)4,20(5)6)12-11-23-13-24(14-27-25(23)16-31-33(27)9)32-29(34)36-17-26-22(8)28(35-10)21(7)15-30-26/h13-16,18-20H,17H2,1-10H3,(H,32,34). The third-order valence-corrected chi connectivity index (χ3v) is 13.8. The van der Waals surface area contributed by atoms with Crippen LogP contribution >= 0.6 is 0 Å². The number of carbonyl (C=O) groups excluding carboxylic acids is 1.